The average Bonchev–Trinajstić information content (AvgIpc) is 2.91. The van der Waals surface area contributed by atoms with Crippen molar-refractivity contribution in [2.45, 2.75) is 5.25 Å². The van der Waals surface area contributed by atoms with Crippen molar-refractivity contribution in [2.75, 3.05) is 16.0 Å². The molecule has 0 aliphatic rings. The smallest absolute Gasteiger partial charge is 0.314 e. The topological polar surface area (TPSA) is 151 Å². The number of carbonyl (C=O) groups is 3. The zero-order valence-electron chi connectivity index (χ0n) is 20.3. The molecule has 1 unspecified atom stereocenters. The molecule has 4 N–H and O–H groups in total. The van der Waals surface area contributed by atoms with Crippen LogP contribution in [-0.4, -0.2) is 30.7 Å². The molecule has 11 heteroatoms. The van der Waals surface area contributed by atoms with Crippen molar-refractivity contribution < 1.29 is 32.1 Å². The monoisotopic (exact) mass is 545 g/mol. The lowest BCUT2D eigenvalue weighted by Crippen LogP contribution is -2.30. The minimum atomic E-state index is -4.81. The highest BCUT2D eigenvalue weighted by atomic mass is 32.2. The van der Waals surface area contributed by atoms with E-state index in [9.17, 15) is 27.4 Å². The summed E-state index contributed by atoms with van der Waals surface area (Å²) in [5.41, 5.74) is 0.463. The molecule has 4 aromatic rings. The molecule has 4 rings (SSSR count). The van der Waals surface area contributed by atoms with Gasteiger partial charge in [0.15, 0.2) is 5.25 Å². The normalized spacial score (nSPS) is 11.6. The van der Waals surface area contributed by atoms with Gasteiger partial charge in [0.25, 0.3) is 10.1 Å². The number of hydrogen-bond acceptors (Lipinski definition) is 6. The Morgan fingerprint density at radius 2 is 1.10 bits per heavy atom. The van der Waals surface area contributed by atoms with E-state index in [0.29, 0.717) is 17.2 Å². The summed E-state index contributed by atoms with van der Waals surface area (Å²) in [6.07, 6.45) is 0. The number of para-hydroxylation sites is 3. The fraction of sp³-hybridized carbons (Fsp3) is 0.0357. The minimum absolute atomic E-state index is 0.0237. The average molecular weight is 546 g/mol. The summed E-state index contributed by atoms with van der Waals surface area (Å²) in [5, 5.41) is 5.36. The highest BCUT2D eigenvalue weighted by Gasteiger charge is 2.33. The molecule has 0 saturated carbocycles. The molecule has 0 bridgehead atoms. The van der Waals surface area contributed by atoms with Crippen LogP contribution in [0.5, 0.6) is 11.5 Å². The van der Waals surface area contributed by atoms with Crippen LogP contribution in [0.25, 0.3) is 0 Å². The van der Waals surface area contributed by atoms with E-state index in [1.54, 1.807) is 48.5 Å². The van der Waals surface area contributed by atoms with Crippen LogP contribution in [-0.2, 0) is 24.5 Å². The van der Waals surface area contributed by atoms with E-state index < -0.39 is 33.1 Å². The van der Waals surface area contributed by atoms with E-state index in [-0.39, 0.29) is 16.9 Å². The number of amides is 3. The van der Waals surface area contributed by atoms with Gasteiger partial charge in [-0.3, -0.25) is 18.9 Å². The number of nitrogens with one attached hydrogen (secondary N) is 3. The van der Waals surface area contributed by atoms with Crippen LogP contribution < -0.4 is 20.7 Å². The Morgan fingerprint density at radius 1 is 0.615 bits per heavy atom. The molecule has 3 amide bonds. The van der Waals surface area contributed by atoms with E-state index in [0.717, 1.165) is 0 Å². The quantitative estimate of drug-likeness (QED) is 0.186. The standard InChI is InChI=1S/C28H23N3O7S/c32-26(25(39(35,36)37)19-9-3-1-4-10-19)30-23-13-7-8-14-24(23)31-28(34)27(33)29-20-15-17-22(18-16-20)38-21-11-5-2-6-12-21/h1-18,25H,(H,29,33)(H,30,32)(H,31,34)(H,35,36,37). The zero-order valence-corrected chi connectivity index (χ0v) is 21.1. The highest BCUT2D eigenvalue weighted by molar-refractivity contribution is 7.86. The summed E-state index contributed by atoms with van der Waals surface area (Å²) in [4.78, 5) is 37.9. The minimum Gasteiger partial charge on any atom is -0.457 e. The van der Waals surface area contributed by atoms with Gasteiger partial charge in [0.05, 0.1) is 11.4 Å². The van der Waals surface area contributed by atoms with Crippen LogP contribution in [0.4, 0.5) is 17.1 Å². The maximum Gasteiger partial charge on any atom is 0.314 e. The van der Waals surface area contributed by atoms with Gasteiger partial charge >= 0.3 is 11.8 Å². The van der Waals surface area contributed by atoms with Crippen molar-refractivity contribution in [2.24, 2.45) is 0 Å². The molecule has 198 valence electrons. The Hall–Kier alpha value is -5.00. The molecule has 0 heterocycles. The number of benzene rings is 4. The Bertz CT molecular complexity index is 1580. The van der Waals surface area contributed by atoms with Crippen molar-refractivity contribution in [3.8, 4) is 11.5 Å². The molecular weight excluding hydrogens is 522 g/mol. The molecule has 39 heavy (non-hydrogen) atoms. The predicted molar refractivity (Wildman–Crippen MR) is 146 cm³/mol. The molecule has 0 spiro atoms. The fourth-order valence-electron chi connectivity index (χ4n) is 3.58. The second kappa shape index (κ2) is 12.0. The van der Waals surface area contributed by atoms with E-state index in [4.69, 9.17) is 4.74 Å². The van der Waals surface area contributed by atoms with Crippen LogP contribution in [0.1, 0.15) is 10.8 Å². The summed E-state index contributed by atoms with van der Waals surface area (Å²) < 4.78 is 39.3. The van der Waals surface area contributed by atoms with Crippen LogP contribution in [0.3, 0.4) is 0 Å². The van der Waals surface area contributed by atoms with Gasteiger partial charge in [0.1, 0.15) is 11.5 Å². The first-order valence-corrected chi connectivity index (χ1v) is 13.1. The molecule has 0 aromatic heterocycles. The third kappa shape index (κ3) is 7.28. The summed E-state index contributed by atoms with van der Waals surface area (Å²) >= 11 is 0. The molecule has 0 radical (unpaired) electrons. The van der Waals surface area contributed by atoms with Crippen molar-refractivity contribution in [3.63, 3.8) is 0 Å². The van der Waals surface area contributed by atoms with Gasteiger partial charge in [0, 0.05) is 5.69 Å². The van der Waals surface area contributed by atoms with E-state index in [1.165, 1.54) is 42.5 Å². The van der Waals surface area contributed by atoms with E-state index >= 15 is 0 Å². The molecule has 1 atom stereocenters. The first-order valence-electron chi connectivity index (χ1n) is 11.6. The molecular formula is C28H23N3O7S. The van der Waals surface area contributed by atoms with Crippen LogP contribution in [0, 0.1) is 0 Å². The van der Waals surface area contributed by atoms with Crippen molar-refractivity contribution in [1.82, 2.24) is 0 Å². The second-order valence-electron chi connectivity index (χ2n) is 8.19. The molecule has 0 aliphatic heterocycles. The second-order valence-corrected chi connectivity index (χ2v) is 9.69. The third-order valence-electron chi connectivity index (χ3n) is 5.37. The lowest BCUT2D eigenvalue weighted by molar-refractivity contribution is -0.132. The van der Waals surface area contributed by atoms with Gasteiger partial charge in [0.2, 0.25) is 5.91 Å². The van der Waals surface area contributed by atoms with Gasteiger partial charge in [-0.15, -0.1) is 0 Å². The number of ether oxygens (including phenoxy) is 1. The molecule has 4 aromatic carbocycles. The molecule has 10 nitrogen and oxygen atoms in total. The molecule has 0 fully saturated rings. The summed E-state index contributed by atoms with van der Waals surface area (Å²) in [6, 6.07) is 28.9. The maximum absolute atomic E-state index is 12.9. The van der Waals surface area contributed by atoms with Gasteiger partial charge in [-0.25, -0.2) is 0 Å². The number of hydrogen-bond donors (Lipinski definition) is 4. The third-order valence-corrected chi connectivity index (χ3v) is 6.45. The van der Waals surface area contributed by atoms with Crippen LogP contribution in [0.15, 0.2) is 109 Å². The van der Waals surface area contributed by atoms with Crippen LogP contribution >= 0.6 is 0 Å². The summed E-state index contributed by atoms with van der Waals surface area (Å²) in [7, 11) is -4.81. The van der Waals surface area contributed by atoms with Crippen molar-refractivity contribution >= 4 is 44.9 Å². The maximum atomic E-state index is 12.9. The summed E-state index contributed by atoms with van der Waals surface area (Å²) in [6.45, 7) is 0. The number of rotatable bonds is 8. The van der Waals surface area contributed by atoms with E-state index in [2.05, 4.69) is 16.0 Å². The fourth-order valence-corrected chi connectivity index (χ4v) is 4.41. The van der Waals surface area contributed by atoms with Crippen molar-refractivity contribution in [1.29, 1.82) is 0 Å². The van der Waals surface area contributed by atoms with Gasteiger partial charge in [-0.05, 0) is 54.1 Å². The van der Waals surface area contributed by atoms with Gasteiger partial charge in [-0.1, -0.05) is 60.7 Å². The number of anilines is 3. The predicted octanol–water partition coefficient (Wildman–Crippen LogP) is 4.62. The molecule has 0 saturated heterocycles. The Labute approximate surface area is 224 Å². The Morgan fingerprint density at radius 3 is 1.69 bits per heavy atom. The lowest BCUT2D eigenvalue weighted by atomic mass is 10.1. The highest BCUT2D eigenvalue weighted by Crippen LogP contribution is 2.27. The van der Waals surface area contributed by atoms with Gasteiger partial charge in [-0.2, -0.15) is 8.42 Å². The number of carbonyl (C=O) groups excluding carboxylic acids is 3. The largest absolute Gasteiger partial charge is 0.457 e. The van der Waals surface area contributed by atoms with Crippen LogP contribution in [0.2, 0.25) is 0 Å². The first-order chi connectivity index (χ1) is 18.7. The lowest BCUT2D eigenvalue weighted by Gasteiger charge is -2.17. The molecule has 0 aliphatic carbocycles. The SMILES string of the molecule is O=C(Nc1ccc(Oc2ccccc2)cc1)C(=O)Nc1ccccc1NC(=O)C(c1ccccc1)S(=O)(=O)O. The van der Waals surface area contributed by atoms with Crippen molar-refractivity contribution in [3.05, 3.63) is 115 Å². The summed E-state index contributed by atoms with van der Waals surface area (Å²) in [5.74, 6) is -1.88. The van der Waals surface area contributed by atoms with E-state index in [1.807, 2.05) is 18.2 Å². The first kappa shape index (κ1) is 27.0. The Balaban J connectivity index is 1.41. The van der Waals surface area contributed by atoms with Gasteiger partial charge < -0.3 is 20.7 Å². The zero-order chi connectivity index (χ0) is 27.8. The Kier molecular flexibility index (Phi) is 8.34.